The highest BCUT2D eigenvalue weighted by Gasteiger charge is 2.44. The Labute approximate surface area is 117 Å². The first-order valence-corrected chi connectivity index (χ1v) is 10.3. The van der Waals surface area contributed by atoms with Crippen LogP contribution in [0.2, 0.25) is 0 Å². The van der Waals surface area contributed by atoms with E-state index in [9.17, 15) is 21.6 Å². The second-order valence-corrected chi connectivity index (χ2v) is 9.79. The zero-order chi connectivity index (χ0) is 14.8. The van der Waals surface area contributed by atoms with E-state index < -0.39 is 48.8 Å². The number of thioether (sulfide) groups is 1. The molecule has 0 aromatic heterocycles. The fourth-order valence-electron chi connectivity index (χ4n) is 1.76. The van der Waals surface area contributed by atoms with Gasteiger partial charge in [0.2, 0.25) is 10.0 Å². The second kappa shape index (κ2) is 5.98. The lowest BCUT2D eigenvalue weighted by Crippen LogP contribution is -2.47. The van der Waals surface area contributed by atoms with Crippen molar-refractivity contribution in [2.24, 2.45) is 0 Å². The van der Waals surface area contributed by atoms with E-state index in [2.05, 4.69) is 0 Å². The van der Waals surface area contributed by atoms with Crippen LogP contribution in [-0.2, 0) is 24.7 Å². The molecule has 0 amide bonds. The third-order valence-corrected chi connectivity index (χ3v) is 7.37. The minimum Gasteiger partial charge on any atom is -0.480 e. The Morgan fingerprint density at radius 1 is 1.32 bits per heavy atom. The van der Waals surface area contributed by atoms with E-state index in [4.69, 9.17) is 5.11 Å². The van der Waals surface area contributed by atoms with E-state index in [-0.39, 0.29) is 5.75 Å². The van der Waals surface area contributed by atoms with Gasteiger partial charge in [0, 0.05) is 12.0 Å². The highest BCUT2D eigenvalue weighted by atomic mass is 32.2. The summed E-state index contributed by atoms with van der Waals surface area (Å²) in [6.45, 7) is 1.76. The zero-order valence-electron chi connectivity index (χ0n) is 10.6. The van der Waals surface area contributed by atoms with Crippen LogP contribution in [0.25, 0.3) is 0 Å². The Morgan fingerprint density at radius 2 is 1.89 bits per heavy atom. The average Bonchev–Trinajstić information content (AvgIpc) is 2.70. The molecule has 0 bridgehead atoms. The van der Waals surface area contributed by atoms with Gasteiger partial charge in [-0.3, -0.25) is 4.79 Å². The molecule has 2 unspecified atom stereocenters. The molecular weight excluding hydrogens is 314 g/mol. The van der Waals surface area contributed by atoms with Gasteiger partial charge in [-0.05, 0) is 6.42 Å². The van der Waals surface area contributed by atoms with E-state index in [0.29, 0.717) is 6.42 Å². The second-order valence-electron chi connectivity index (χ2n) is 4.33. The molecule has 1 saturated heterocycles. The van der Waals surface area contributed by atoms with Gasteiger partial charge >= 0.3 is 5.97 Å². The molecule has 0 aromatic rings. The summed E-state index contributed by atoms with van der Waals surface area (Å²) in [4.78, 5) is 11.1. The topological polar surface area (TPSA) is 109 Å². The zero-order valence-corrected chi connectivity index (χ0v) is 13.1. The first-order chi connectivity index (χ1) is 8.58. The van der Waals surface area contributed by atoms with Gasteiger partial charge < -0.3 is 5.11 Å². The summed E-state index contributed by atoms with van der Waals surface area (Å²) < 4.78 is 47.4. The van der Waals surface area contributed by atoms with Gasteiger partial charge in [0.15, 0.2) is 0 Å². The van der Waals surface area contributed by atoms with Crippen LogP contribution in [0.15, 0.2) is 0 Å². The Kier molecular flexibility index (Phi) is 5.27. The summed E-state index contributed by atoms with van der Waals surface area (Å²) in [5.74, 6) is -2.09. The molecule has 2 atom stereocenters. The van der Waals surface area contributed by atoms with Crippen molar-refractivity contribution in [2.75, 3.05) is 23.5 Å². The summed E-state index contributed by atoms with van der Waals surface area (Å²) in [6.07, 6.45) is 1.43. The van der Waals surface area contributed by atoms with E-state index >= 15 is 0 Å². The Morgan fingerprint density at radius 3 is 2.32 bits per heavy atom. The van der Waals surface area contributed by atoms with Crippen LogP contribution in [0.1, 0.15) is 13.3 Å². The summed E-state index contributed by atoms with van der Waals surface area (Å²) in [7, 11) is -7.31. The number of hydrogen-bond donors (Lipinski definition) is 1. The number of carboxylic acids is 1. The summed E-state index contributed by atoms with van der Waals surface area (Å²) in [5.41, 5.74) is 0. The molecule has 19 heavy (non-hydrogen) atoms. The molecule has 0 aromatic carbocycles. The third kappa shape index (κ3) is 4.33. The normalized spacial score (nSPS) is 25.6. The summed E-state index contributed by atoms with van der Waals surface area (Å²) >= 11 is 1.26. The summed E-state index contributed by atoms with van der Waals surface area (Å²) in [5, 5.41) is 8.61. The van der Waals surface area contributed by atoms with Crippen molar-refractivity contribution >= 4 is 37.6 Å². The summed E-state index contributed by atoms with van der Waals surface area (Å²) in [6, 6.07) is -1.11. The van der Waals surface area contributed by atoms with Crippen molar-refractivity contribution in [1.29, 1.82) is 0 Å². The molecule has 7 nitrogen and oxygen atoms in total. The van der Waals surface area contributed by atoms with Crippen LogP contribution in [0.5, 0.6) is 0 Å². The molecule has 1 rings (SSSR count). The van der Waals surface area contributed by atoms with Crippen LogP contribution in [0.3, 0.4) is 0 Å². The fourth-order valence-corrected chi connectivity index (χ4v) is 6.99. The fraction of sp³-hybridized carbons (Fsp3) is 0.889. The van der Waals surface area contributed by atoms with Gasteiger partial charge in [0.1, 0.15) is 15.9 Å². The standard InChI is InChI=1S/C9H17NO6S3/c1-3-8-10(7(6-17-8)9(11)12)19(15,16)5-4-18(2,13)14/h7-8H,3-6H2,1-2H3,(H,11,12). The van der Waals surface area contributed by atoms with E-state index in [1.807, 2.05) is 0 Å². The first-order valence-electron chi connectivity index (χ1n) is 5.62. The predicted octanol–water partition coefficient (Wildman–Crippen LogP) is -0.401. The molecule has 1 fully saturated rings. The van der Waals surface area contributed by atoms with E-state index in [1.54, 1.807) is 6.92 Å². The molecule has 1 aliphatic rings. The third-order valence-electron chi connectivity index (χ3n) is 2.71. The van der Waals surface area contributed by atoms with Crippen molar-refractivity contribution in [2.45, 2.75) is 24.8 Å². The molecule has 0 spiro atoms. The number of sulfone groups is 1. The van der Waals surface area contributed by atoms with Gasteiger partial charge in [-0.25, -0.2) is 16.8 Å². The molecular formula is C9H17NO6S3. The highest BCUT2D eigenvalue weighted by Crippen LogP contribution is 2.34. The Hall–Kier alpha value is -0.320. The lowest BCUT2D eigenvalue weighted by atomic mass is 10.3. The number of hydrogen-bond acceptors (Lipinski definition) is 6. The smallest absolute Gasteiger partial charge is 0.322 e. The lowest BCUT2D eigenvalue weighted by Gasteiger charge is -2.25. The lowest BCUT2D eigenvalue weighted by molar-refractivity contribution is -0.140. The van der Waals surface area contributed by atoms with Gasteiger partial charge in [-0.2, -0.15) is 4.31 Å². The van der Waals surface area contributed by atoms with Crippen molar-refractivity contribution < 1.29 is 26.7 Å². The highest BCUT2D eigenvalue weighted by molar-refractivity contribution is 8.01. The number of carboxylic acid groups (broad SMARTS) is 1. The monoisotopic (exact) mass is 331 g/mol. The SMILES string of the molecule is CCC1SCC(C(=O)O)N1S(=O)(=O)CCS(C)(=O)=O. The number of carbonyl (C=O) groups is 1. The van der Waals surface area contributed by atoms with Crippen LogP contribution < -0.4 is 0 Å². The first kappa shape index (κ1) is 16.7. The van der Waals surface area contributed by atoms with Crippen LogP contribution in [-0.4, -0.2) is 67.1 Å². The van der Waals surface area contributed by atoms with E-state index in [1.165, 1.54) is 11.8 Å². The maximum atomic E-state index is 12.1. The maximum absolute atomic E-state index is 12.1. The van der Waals surface area contributed by atoms with Crippen molar-refractivity contribution in [3.63, 3.8) is 0 Å². The molecule has 112 valence electrons. The van der Waals surface area contributed by atoms with Crippen LogP contribution in [0, 0.1) is 0 Å². The number of rotatable bonds is 6. The molecule has 1 heterocycles. The quantitative estimate of drug-likeness (QED) is 0.705. The van der Waals surface area contributed by atoms with Crippen molar-refractivity contribution in [3.8, 4) is 0 Å². The molecule has 0 saturated carbocycles. The largest absolute Gasteiger partial charge is 0.480 e. The Bertz CT molecular complexity index is 540. The minimum absolute atomic E-state index is 0.186. The maximum Gasteiger partial charge on any atom is 0.322 e. The van der Waals surface area contributed by atoms with Crippen molar-refractivity contribution in [3.05, 3.63) is 0 Å². The molecule has 1 N–H and O–H groups in total. The molecule has 10 heteroatoms. The number of aliphatic carboxylic acids is 1. The Balaban J connectivity index is 2.97. The molecule has 0 radical (unpaired) electrons. The minimum atomic E-state index is -3.90. The van der Waals surface area contributed by atoms with Crippen molar-refractivity contribution in [1.82, 2.24) is 4.31 Å². The average molecular weight is 331 g/mol. The van der Waals surface area contributed by atoms with Crippen LogP contribution in [0.4, 0.5) is 0 Å². The van der Waals surface area contributed by atoms with E-state index in [0.717, 1.165) is 10.6 Å². The molecule has 0 aliphatic carbocycles. The van der Waals surface area contributed by atoms with Gasteiger partial charge in [0.05, 0.1) is 16.9 Å². The van der Waals surface area contributed by atoms with Gasteiger partial charge in [0.25, 0.3) is 0 Å². The predicted molar refractivity (Wildman–Crippen MR) is 73.3 cm³/mol. The van der Waals surface area contributed by atoms with Gasteiger partial charge in [-0.1, -0.05) is 6.92 Å². The van der Waals surface area contributed by atoms with Crippen LogP contribution >= 0.6 is 11.8 Å². The van der Waals surface area contributed by atoms with Gasteiger partial charge in [-0.15, -0.1) is 11.8 Å². The number of nitrogens with zero attached hydrogens (tertiary/aromatic N) is 1. The molecule has 1 aliphatic heterocycles. The number of sulfonamides is 1.